The normalized spacial score (nSPS) is 30.5. The van der Waals surface area contributed by atoms with Crippen molar-refractivity contribution < 1.29 is 10.3 Å². The smallest absolute Gasteiger partial charge is 0.170 e. The van der Waals surface area contributed by atoms with Crippen molar-refractivity contribution in [3.05, 3.63) is 0 Å². The summed E-state index contributed by atoms with van der Waals surface area (Å²) in [5, 5.41) is 0. The fourth-order valence-electron chi connectivity index (χ4n) is 0.700. The van der Waals surface area contributed by atoms with Gasteiger partial charge in [0, 0.05) is 20.6 Å². The van der Waals surface area contributed by atoms with E-state index in [9.17, 15) is 0 Å². The maximum absolute atomic E-state index is 6.75. The first-order chi connectivity index (χ1) is 4.43. The average molecular weight is 135 g/mol. The molecule has 0 aromatic rings. The van der Waals surface area contributed by atoms with Crippen LogP contribution >= 0.6 is 12.0 Å². The second-order valence-corrected chi connectivity index (χ2v) is 2.08. The number of hydrogen-bond acceptors (Lipinski definition) is 3. The topological polar surface area (TPSA) is 18.5 Å². The van der Waals surface area contributed by atoms with E-state index in [0.29, 0.717) is 0 Å². The van der Waals surface area contributed by atoms with E-state index < -0.39 is 0 Å². The van der Waals surface area contributed by atoms with Crippen LogP contribution in [0.15, 0.2) is 0 Å². The lowest BCUT2D eigenvalue weighted by Crippen LogP contribution is -2.04. The molecule has 0 aliphatic carbocycles. The van der Waals surface area contributed by atoms with Gasteiger partial charge in [-0.2, -0.15) is 0 Å². The van der Waals surface area contributed by atoms with Gasteiger partial charge in [-0.15, -0.1) is 0 Å². The second kappa shape index (κ2) is 3.33. The third-order valence-corrected chi connectivity index (χ3v) is 1.41. The van der Waals surface area contributed by atoms with Crippen LogP contribution in [0.5, 0.6) is 0 Å². The molecule has 1 aliphatic rings. The van der Waals surface area contributed by atoms with Crippen LogP contribution in [0.3, 0.4) is 0 Å². The fourth-order valence-corrected chi connectivity index (χ4v) is 1.00. The van der Waals surface area contributed by atoms with Gasteiger partial charge in [0.05, 0.1) is 0 Å². The molecule has 1 fully saturated rings. The highest BCUT2D eigenvalue weighted by atomic mass is 32.2. The minimum absolute atomic E-state index is 0.0413. The Kier molecular flexibility index (Phi) is 2.11. The molecule has 0 N–H and O–H groups in total. The minimum Gasteiger partial charge on any atom is -0.352 e. The number of hydrogen-bond donors (Lipinski definition) is 0. The average Bonchev–Trinajstić information content (AvgIpc) is 2.34. The lowest BCUT2D eigenvalue weighted by Gasteiger charge is -2.04. The van der Waals surface area contributed by atoms with Crippen molar-refractivity contribution in [1.82, 2.24) is 0 Å². The van der Waals surface area contributed by atoms with Crippen molar-refractivity contribution >= 4 is 12.0 Å². The molecule has 0 aromatic carbocycles. The predicted molar refractivity (Wildman–Crippen MR) is 33.6 cm³/mol. The molecule has 0 aromatic heterocycles. The highest BCUT2D eigenvalue weighted by Crippen LogP contribution is 2.16. The molecule has 0 spiro atoms. The van der Waals surface area contributed by atoms with Crippen molar-refractivity contribution in [1.29, 1.82) is 0 Å². The summed E-state index contributed by atoms with van der Waals surface area (Å²) in [5.41, 5.74) is 0. The maximum Gasteiger partial charge on any atom is 0.170 e. The van der Waals surface area contributed by atoms with Crippen molar-refractivity contribution in [2.24, 2.45) is 0 Å². The van der Waals surface area contributed by atoms with Crippen LogP contribution < -0.4 is 0 Å². The van der Waals surface area contributed by atoms with Gasteiger partial charge in [0.2, 0.25) is 0 Å². The zero-order valence-electron chi connectivity index (χ0n) is 5.63. The van der Waals surface area contributed by atoms with Gasteiger partial charge in [0.25, 0.3) is 0 Å². The summed E-state index contributed by atoms with van der Waals surface area (Å²) in [6.45, 7) is 0.809. The molecule has 0 radical (unpaired) electrons. The molecule has 1 saturated heterocycles. The molecule has 1 heterocycles. The highest BCUT2D eigenvalue weighted by Gasteiger charge is 2.14. The van der Waals surface area contributed by atoms with Gasteiger partial charge in [-0.25, -0.2) is 0 Å². The first-order valence-corrected chi connectivity index (χ1v) is 3.53. The summed E-state index contributed by atoms with van der Waals surface area (Å²) >= 11 is 1.15. The SMILES string of the molecule is [2H]CSOC1CCCO1. The third-order valence-electron chi connectivity index (χ3n) is 1.06. The molecule has 2 nitrogen and oxygen atoms in total. The molecule has 48 valence electrons. The molecule has 1 aliphatic heterocycles. The largest absolute Gasteiger partial charge is 0.352 e. The summed E-state index contributed by atoms with van der Waals surface area (Å²) in [6, 6.07) is 0. The van der Waals surface area contributed by atoms with Crippen molar-refractivity contribution in [2.75, 3.05) is 12.8 Å². The molecule has 0 bridgehead atoms. The van der Waals surface area contributed by atoms with Gasteiger partial charge in [-0.1, -0.05) is 0 Å². The zero-order valence-corrected chi connectivity index (χ0v) is 5.45. The third kappa shape index (κ3) is 1.65. The fraction of sp³-hybridized carbons (Fsp3) is 1.00. The van der Waals surface area contributed by atoms with E-state index in [1.165, 1.54) is 0 Å². The van der Waals surface area contributed by atoms with Gasteiger partial charge >= 0.3 is 0 Å². The molecule has 1 atom stereocenters. The quantitative estimate of drug-likeness (QED) is 0.533. The van der Waals surface area contributed by atoms with E-state index in [1.54, 1.807) is 0 Å². The Morgan fingerprint density at radius 1 is 2.00 bits per heavy atom. The Balaban J connectivity index is 1.98. The Hall–Kier alpha value is 0.270. The molecular weight excluding hydrogens is 124 g/mol. The summed E-state index contributed by atoms with van der Waals surface area (Å²) in [7, 11) is 0. The van der Waals surface area contributed by atoms with Gasteiger partial charge in [0.1, 0.15) is 0 Å². The molecular formula is C5H10O2S. The molecule has 8 heavy (non-hydrogen) atoms. The zero-order chi connectivity index (χ0) is 6.53. The van der Waals surface area contributed by atoms with Crippen molar-refractivity contribution in [3.63, 3.8) is 0 Å². The molecule has 0 saturated carbocycles. The Labute approximate surface area is 55.2 Å². The molecule has 3 heteroatoms. The lowest BCUT2D eigenvalue weighted by atomic mass is 10.4. The second-order valence-electron chi connectivity index (χ2n) is 1.66. The van der Waals surface area contributed by atoms with Gasteiger partial charge in [-0.3, -0.25) is 4.18 Å². The van der Waals surface area contributed by atoms with Crippen molar-refractivity contribution in [3.8, 4) is 0 Å². The lowest BCUT2D eigenvalue weighted by molar-refractivity contribution is -0.0254. The van der Waals surface area contributed by atoms with E-state index in [1.807, 2.05) is 0 Å². The van der Waals surface area contributed by atoms with E-state index in [-0.39, 0.29) is 12.5 Å². The maximum atomic E-state index is 6.75. The van der Waals surface area contributed by atoms with Crippen LogP contribution in [0.1, 0.15) is 14.2 Å². The van der Waals surface area contributed by atoms with E-state index >= 15 is 0 Å². The van der Waals surface area contributed by atoms with E-state index in [4.69, 9.17) is 10.3 Å². The van der Waals surface area contributed by atoms with Gasteiger partial charge in [0.15, 0.2) is 6.29 Å². The van der Waals surface area contributed by atoms with E-state index in [0.717, 1.165) is 31.5 Å². The molecule has 0 amide bonds. The summed E-state index contributed by atoms with van der Waals surface area (Å²) in [4.78, 5) is 0. The number of rotatable bonds is 2. The Bertz CT molecular complexity index is 75.4. The monoisotopic (exact) mass is 135 g/mol. The first-order valence-electron chi connectivity index (χ1n) is 3.33. The summed E-state index contributed by atoms with van der Waals surface area (Å²) < 4.78 is 16.9. The standard InChI is InChI=1S/C5H10O2S/c1-8-7-5-3-2-4-6-5/h5H,2-4H2,1H3/i1D. The molecule has 1 rings (SSSR count). The van der Waals surface area contributed by atoms with Crippen LogP contribution in [0, 0.1) is 0 Å². The summed E-state index contributed by atoms with van der Waals surface area (Å²) in [6.07, 6.45) is 2.27. The van der Waals surface area contributed by atoms with Crippen LogP contribution in [-0.4, -0.2) is 19.1 Å². The number of ether oxygens (including phenoxy) is 1. The minimum atomic E-state index is -0.0413. The van der Waals surface area contributed by atoms with Crippen molar-refractivity contribution in [2.45, 2.75) is 19.1 Å². The summed E-state index contributed by atoms with van der Waals surface area (Å²) in [5.74, 6) is 0. The Morgan fingerprint density at radius 3 is 3.62 bits per heavy atom. The van der Waals surface area contributed by atoms with Gasteiger partial charge in [-0.05, 0) is 18.5 Å². The first kappa shape index (κ1) is 5.09. The highest BCUT2D eigenvalue weighted by molar-refractivity contribution is 7.93. The van der Waals surface area contributed by atoms with E-state index in [2.05, 4.69) is 0 Å². The van der Waals surface area contributed by atoms with Crippen LogP contribution in [0.25, 0.3) is 0 Å². The predicted octanol–water partition coefficient (Wildman–Crippen LogP) is 1.42. The van der Waals surface area contributed by atoms with Crippen LogP contribution in [0.4, 0.5) is 0 Å². The van der Waals surface area contributed by atoms with Gasteiger partial charge < -0.3 is 4.74 Å². The van der Waals surface area contributed by atoms with Crippen LogP contribution in [0.2, 0.25) is 0 Å². The Morgan fingerprint density at radius 2 is 3.00 bits per heavy atom. The van der Waals surface area contributed by atoms with Crippen LogP contribution in [-0.2, 0) is 8.92 Å². The molecule has 1 unspecified atom stereocenters.